The smallest absolute Gasteiger partial charge is 0.00161 e. The Labute approximate surface area is 80.0 Å². The maximum atomic E-state index is 2.51. The van der Waals surface area contributed by atoms with Crippen molar-refractivity contribution in [2.45, 2.75) is 38.5 Å². The van der Waals surface area contributed by atoms with E-state index in [1.165, 1.54) is 38.5 Å². The minimum absolute atomic E-state index is 0.854. The summed E-state index contributed by atoms with van der Waals surface area (Å²) in [6.45, 7) is 0. The SMILES string of the molecule is C1=CC2=C(C1)C1CCCC=C1CC2. The molecule has 0 aromatic rings. The normalized spacial score (nSPS) is 31.4. The Morgan fingerprint density at radius 1 is 1.23 bits per heavy atom. The summed E-state index contributed by atoms with van der Waals surface area (Å²) in [5.74, 6) is 0.854. The molecule has 0 fully saturated rings. The van der Waals surface area contributed by atoms with Crippen LogP contribution in [0.2, 0.25) is 0 Å². The van der Waals surface area contributed by atoms with Crippen molar-refractivity contribution in [1.29, 1.82) is 0 Å². The van der Waals surface area contributed by atoms with Gasteiger partial charge in [-0.2, -0.15) is 0 Å². The molecule has 0 nitrogen and oxygen atoms in total. The van der Waals surface area contributed by atoms with Gasteiger partial charge < -0.3 is 0 Å². The van der Waals surface area contributed by atoms with Crippen molar-refractivity contribution in [2.75, 3.05) is 0 Å². The Balaban J connectivity index is 1.99. The highest BCUT2D eigenvalue weighted by molar-refractivity contribution is 5.43. The van der Waals surface area contributed by atoms with Gasteiger partial charge in [-0.3, -0.25) is 0 Å². The minimum atomic E-state index is 0.854. The van der Waals surface area contributed by atoms with E-state index in [-0.39, 0.29) is 0 Å². The van der Waals surface area contributed by atoms with Crippen molar-refractivity contribution in [3.8, 4) is 0 Å². The zero-order valence-corrected chi connectivity index (χ0v) is 8.05. The molecule has 0 saturated carbocycles. The first-order chi connectivity index (χ1) is 6.45. The molecule has 1 atom stereocenters. The second-order valence-corrected chi connectivity index (χ2v) is 4.42. The average molecular weight is 172 g/mol. The van der Waals surface area contributed by atoms with E-state index in [1.807, 2.05) is 0 Å². The largest absolute Gasteiger partial charge is 0.0847 e. The Kier molecular flexibility index (Phi) is 1.68. The predicted octanol–water partition coefficient (Wildman–Crippen LogP) is 3.76. The second kappa shape index (κ2) is 2.87. The van der Waals surface area contributed by atoms with E-state index in [9.17, 15) is 0 Å². The average Bonchev–Trinajstić information content (AvgIpc) is 2.65. The van der Waals surface area contributed by atoms with Crippen LogP contribution < -0.4 is 0 Å². The van der Waals surface area contributed by atoms with Crippen LogP contribution in [0.4, 0.5) is 0 Å². The fourth-order valence-electron chi connectivity index (χ4n) is 3.07. The summed E-state index contributed by atoms with van der Waals surface area (Å²) >= 11 is 0. The number of hydrogen-bond donors (Lipinski definition) is 0. The lowest BCUT2D eigenvalue weighted by Crippen LogP contribution is -2.15. The van der Waals surface area contributed by atoms with Gasteiger partial charge in [0.2, 0.25) is 0 Å². The molecule has 0 amide bonds. The van der Waals surface area contributed by atoms with E-state index in [0.29, 0.717) is 0 Å². The molecule has 0 radical (unpaired) electrons. The number of allylic oxidation sites excluding steroid dienone is 6. The van der Waals surface area contributed by atoms with Crippen LogP contribution >= 0.6 is 0 Å². The minimum Gasteiger partial charge on any atom is -0.0847 e. The van der Waals surface area contributed by atoms with Gasteiger partial charge in [-0.25, -0.2) is 0 Å². The van der Waals surface area contributed by atoms with E-state index < -0.39 is 0 Å². The number of hydrogen-bond acceptors (Lipinski definition) is 0. The summed E-state index contributed by atoms with van der Waals surface area (Å²) < 4.78 is 0. The molecule has 0 aromatic carbocycles. The Bertz CT molecular complexity index is 315. The first-order valence-electron chi connectivity index (χ1n) is 5.52. The summed E-state index contributed by atoms with van der Waals surface area (Å²) in [7, 11) is 0. The van der Waals surface area contributed by atoms with E-state index in [4.69, 9.17) is 0 Å². The first kappa shape index (κ1) is 7.61. The van der Waals surface area contributed by atoms with Gasteiger partial charge in [0.15, 0.2) is 0 Å². The van der Waals surface area contributed by atoms with Crippen LogP contribution in [0.5, 0.6) is 0 Å². The lowest BCUT2D eigenvalue weighted by molar-refractivity contribution is 0.526. The highest BCUT2D eigenvalue weighted by Crippen LogP contribution is 2.44. The van der Waals surface area contributed by atoms with Gasteiger partial charge in [0.05, 0.1) is 0 Å². The Hall–Kier alpha value is -0.780. The highest BCUT2D eigenvalue weighted by Gasteiger charge is 2.28. The van der Waals surface area contributed by atoms with Crippen molar-refractivity contribution < 1.29 is 0 Å². The lowest BCUT2D eigenvalue weighted by Gasteiger charge is -2.31. The number of rotatable bonds is 0. The molecule has 3 rings (SSSR count). The summed E-state index contributed by atoms with van der Waals surface area (Å²) in [4.78, 5) is 0. The van der Waals surface area contributed by atoms with Crippen LogP contribution in [0.15, 0.2) is 34.9 Å². The van der Waals surface area contributed by atoms with Gasteiger partial charge in [-0.1, -0.05) is 29.4 Å². The Morgan fingerprint density at radius 2 is 2.23 bits per heavy atom. The first-order valence-corrected chi connectivity index (χ1v) is 5.52. The third kappa shape index (κ3) is 1.12. The van der Waals surface area contributed by atoms with Gasteiger partial charge in [-0.05, 0) is 44.1 Å². The molecular formula is C13H16. The summed E-state index contributed by atoms with van der Waals surface area (Å²) in [6, 6.07) is 0. The van der Waals surface area contributed by atoms with Gasteiger partial charge >= 0.3 is 0 Å². The third-order valence-electron chi connectivity index (χ3n) is 3.72. The fourth-order valence-corrected chi connectivity index (χ4v) is 3.07. The summed E-state index contributed by atoms with van der Waals surface area (Å²) in [5, 5.41) is 0. The quantitative estimate of drug-likeness (QED) is 0.488. The molecule has 1 unspecified atom stereocenters. The molecule has 13 heavy (non-hydrogen) atoms. The highest BCUT2D eigenvalue weighted by atomic mass is 14.3. The third-order valence-corrected chi connectivity index (χ3v) is 3.72. The molecule has 68 valence electrons. The molecule has 0 heterocycles. The second-order valence-electron chi connectivity index (χ2n) is 4.42. The molecule has 0 N–H and O–H groups in total. The molecule has 0 aromatic heterocycles. The maximum Gasteiger partial charge on any atom is 0.00161 e. The van der Waals surface area contributed by atoms with E-state index in [0.717, 1.165) is 5.92 Å². The van der Waals surface area contributed by atoms with Crippen molar-refractivity contribution in [3.05, 3.63) is 34.9 Å². The monoisotopic (exact) mass is 172 g/mol. The molecular weight excluding hydrogens is 156 g/mol. The van der Waals surface area contributed by atoms with E-state index in [2.05, 4.69) is 18.2 Å². The van der Waals surface area contributed by atoms with Crippen LogP contribution in [0.1, 0.15) is 38.5 Å². The number of fused-ring (bicyclic) bond motifs is 2. The van der Waals surface area contributed by atoms with Gasteiger partial charge in [-0.15, -0.1) is 0 Å². The lowest BCUT2D eigenvalue weighted by atomic mass is 9.74. The molecule has 0 spiro atoms. The fraction of sp³-hybridized carbons (Fsp3) is 0.538. The summed E-state index contributed by atoms with van der Waals surface area (Å²) in [6.07, 6.45) is 15.3. The zero-order chi connectivity index (χ0) is 8.67. The van der Waals surface area contributed by atoms with Crippen LogP contribution in [0, 0.1) is 5.92 Å². The standard InChI is InChI=1S/C13H16/c1-2-6-12-10(4-1)8-9-11-5-3-7-13(11)12/h3-5,12H,1-2,6-9H2. The van der Waals surface area contributed by atoms with Gasteiger partial charge in [0.25, 0.3) is 0 Å². The topological polar surface area (TPSA) is 0 Å². The van der Waals surface area contributed by atoms with Crippen molar-refractivity contribution in [2.24, 2.45) is 5.92 Å². The van der Waals surface area contributed by atoms with Crippen molar-refractivity contribution in [1.82, 2.24) is 0 Å². The molecule has 0 bridgehead atoms. The Morgan fingerprint density at radius 3 is 3.23 bits per heavy atom. The van der Waals surface area contributed by atoms with Crippen LogP contribution in [-0.4, -0.2) is 0 Å². The van der Waals surface area contributed by atoms with Crippen molar-refractivity contribution >= 4 is 0 Å². The van der Waals surface area contributed by atoms with Crippen LogP contribution in [0.3, 0.4) is 0 Å². The van der Waals surface area contributed by atoms with Crippen LogP contribution in [0.25, 0.3) is 0 Å². The van der Waals surface area contributed by atoms with Crippen molar-refractivity contribution in [3.63, 3.8) is 0 Å². The molecule has 3 aliphatic rings. The summed E-state index contributed by atoms with van der Waals surface area (Å²) in [5.41, 5.74) is 5.19. The molecule has 0 aliphatic heterocycles. The maximum absolute atomic E-state index is 2.51. The molecule has 3 aliphatic carbocycles. The molecule has 0 heteroatoms. The van der Waals surface area contributed by atoms with E-state index >= 15 is 0 Å². The van der Waals surface area contributed by atoms with Gasteiger partial charge in [0.1, 0.15) is 0 Å². The molecule has 0 saturated heterocycles. The van der Waals surface area contributed by atoms with Gasteiger partial charge in [0, 0.05) is 5.92 Å². The van der Waals surface area contributed by atoms with Crippen LogP contribution in [-0.2, 0) is 0 Å². The predicted molar refractivity (Wildman–Crippen MR) is 55.4 cm³/mol. The van der Waals surface area contributed by atoms with E-state index in [1.54, 1.807) is 16.7 Å². The zero-order valence-electron chi connectivity index (χ0n) is 8.05.